The average molecular weight is 367 g/mol. The fraction of sp³-hybridized carbons (Fsp3) is 0.105. The highest BCUT2D eigenvalue weighted by molar-refractivity contribution is 7.98. The van der Waals surface area contributed by atoms with Crippen LogP contribution < -0.4 is 0 Å². The number of hydrogen-bond acceptors (Lipinski definition) is 4. The van der Waals surface area contributed by atoms with Crippen LogP contribution in [-0.2, 0) is 12.3 Å². The standard InChI is InChI=1S/C19H15ClN4S/c1-2-11-24-18(16-5-3-4-6-17(16)20)22-23-19(24)25-13-15-9-7-14(12-21)8-10-15/h2-10H,1,11,13H2. The molecule has 0 radical (unpaired) electrons. The number of nitriles is 1. The zero-order chi connectivity index (χ0) is 17.6. The molecule has 25 heavy (non-hydrogen) atoms. The number of hydrogen-bond donors (Lipinski definition) is 0. The molecule has 0 fully saturated rings. The molecule has 1 heterocycles. The minimum atomic E-state index is 0.600. The van der Waals surface area contributed by atoms with Crippen LogP contribution in [0, 0.1) is 11.3 Å². The van der Waals surface area contributed by atoms with Crippen molar-refractivity contribution < 1.29 is 0 Å². The molecular weight excluding hydrogens is 352 g/mol. The summed E-state index contributed by atoms with van der Waals surface area (Å²) in [6.07, 6.45) is 1.81. The monoisotopic (exact) mass is 366 g/mol. The molecule has 0 amide bonds. The third kappa shape index (κ3) is 3.93. The lowest BCUT2D eigenvalue weighted by Crippen LogP contribution is -2.01. The number of nitrogens with zero attached hydrogens (tertiary/aromatic N) is 4. The van der Waals surface area contributed by atoms with Crippen LogP contribution in [0.25, 0.3) is 11.4 Å². The first-order valence-corrected chi connectivity index (χ1v) is 9.00. The average Bonchev–Trinajstić information content (AvgIpc) is 3.04. The molecule has 0 saturated carbocycles. The van der Waals surface area contributed by atoms with Crippen LogP contribution in [0.4, 0.5) is 0 Å². The first kappa shape index (κ1) is 17.3. The maximum absolute atomic E-state index is 8.87. The fourth-order valence-corrected chi connectivity index (χ4v) is 3.48. The highest BCUT2D eigenvalue weighted by Crippen LogP contribution is 2.30. The molecule has 0 aliphatic heterocycles. The second-order valence-corrected chi connectivity index (χ2v) is 6.63. The lowest BCUT2D eigenvalue weighted by Gasteiger charge is -2.09. The molecule has 0 unspecified atom stereocenters. The van der Waals surface area contributed by atoms with Gasteiger partial charge < -0.3 is 0 Å². The fourth-order valence-electron chi connectivity index (χ4n) is 2.35. The van der Waals surface area contributed by atoms with Crippen molar-refractivity contribution in [2.75, 3.05) is 0 Å². The van der Waals surface area contributed by atoms with Gasteiger partial charge in [-0.3, -0.25) is 4.57 Å². The lowest BCUT2D eigenvalue weighted by molar-refractivity contribution is 0.731. The van der Waals surface area contributed by atoms with Crippen LogP contribution in [0.15, 0.2) is 66.3 Å². The molecule has 124 valence electrons. The Morgan fingerprint density at radius 1 is 1.16 bits per heavy atom. The first-order chi connectivity index (χ1) is 12.2. The smallest absolute Gasteiger partial charge is 0.192 e. The van der Waals surface area contributed by atoms with Crippen molar-refractivity contribution in [1.29, 1.82) is 5.26 Å². The number of aromatic nitrogens is 3. The second kappa shape index (κ2) is 8.02. The lowest BCUT2D eigenvalue weighted by atomic mass is 10.2. The molecule has 0 aliphatic rings. The van der Waals surface area contributed by atoms with Crippen LogP contribution in [0.2, 0.25) is 5.02 Å². The predicted octanol–water partition coefficient (Wildman–Crippen LogP) is 4.95. The van der Waals surface area contributed by atoms with Gasteiger partial charge in [-0.05, 0) is 29.8 Å². The third-order valence-corrected chi connectivity index (χ3v) is 4.96. The molecule has 0 saturated heterocycles. The van der Waals surface area contributed by atoms with E-state index in [-0.39, 0.29) is 0 Å². The minimum absolute atomic E-state index is 0.600. The normalized spacial score (nSPS) is 10.4. The number of allylic oxidation sites excluding steroid dienone is 1. The Balaban J connectivity index is 1.85. The molecule has 0 atom stereocenters. The van der Waals surface area contributed by atoms with Gasteiger partial charge >= 0.3 is 0 Å². The van der Waals surface area contributed by atoms with E-state index in [1.54, 1.807) is 11.8 Å². The topological polar surface area (TPSA) is 54.5 Å². The van der Waals surface area contributed by atoms with Gasteiger partial charge in [-0.25, -0.2) is 0 Å². The van der Waals surface area contributed by atoms with Gasteiger partial charge in [0.2, 0.25) is 0 Å². The number of halogens is 1. The second-order valence-electron chi connectivity index (χ2n) is 5.28. The summed E-state index contributed by atoms with van der Waals surface area (Å²) >= 11 is 7.89. The zero-order valence-electron chi connectivity index (χ0n) is 13.4. The Kier molecular flexibility index (Phi) is 5.54. The largest absolute Gasteiger partial charge is 0.298 e. The third-order valence-electron chi connectivity index (χ3n) is 3.59. The van der Waals surface area contributed by atoms with Gasteiger partial charge in [0, 0.05) is 17.9 Å². The molecule has 0 spiro atoms. The van der Waals surface area contributed by atoms with E-state index in [1.807, 2.05) is 59.2 Å². The maximum Gasteiger partial charge on any atom is 0.192 e. The van der Waals surface area contributed by atoms with E-state index < -0.39 is 0 Å². The van der Waals surface area contributed by atoms with Gasteiger partial charge in [-0.2, -0.15) is 5.26 Å². The first-order valence-electron chi connectivity index (χ1n) is 7.63. The molecule has 0 bridgehead atoms. The van der Waals surface area contributed by atoms with Gasteiger partial charge in [0.15, 0.2) is 11.0 Å². The Labute approximate surface area is 155 Å². The van der Waals surface area contributed by atoms with Gasteiger partial charge in [0.1, 0.15) is 0 Å². The molecule has 3 aromatic rings. The van der Waals surface area contributed by atoms with Crippen molar-refractivity contribution in [3.63, 3.8) is 0 Å². The van der Waals surface area contributed by atoms with E-state index in [1.165, 1.54) is 0 Å². The highest BCUT2D eigenvalue weighted by Gasteiger charge is 2.15. The summed E-state index contributed by atoms with van der Waals surface area (Å²) in [7, 11) is 0. The summed E-state index contributed by atoms with van der Waals surface area (Å²) in [6.45, 7) is 4.42. The number of thioether (sulfide) groups is 1. The zero-order valence-corrected chi connectivity index (χ0v) is 15.0. The Hall–Kier alpha value is -2.55. The molecule has 4 nitrogen and oxygen atoms in total. The van der Waals surface area contributed by atoms with Gasteiger partial charge in [-0.15, -0.1) is 16.8 Å². The van der Waals surface area contributed by atoms with Crippen LogP contribution in [0.5, 0.6) is 0 Å². The minimum Gasteiger partial charge on any atom is -0.298 e. The van der Waals surface area contributed by atoms with Crippen LogP contribution in [0.3, 0.4) is 0 Å². The Morgan fingerprint density at radius 2 is 1.92 bits per heavy atom. The Bertz CT molecular complexity index is 925. The summed E-state index contributed by atoms with van der Waals surface area (Å²) in [4.78, 5) is 0. The molecule has 6 heteroatoms. The maximum atomic E-state index is 8.87. The van der Waals surface area contributed by atoms with Gasteiger partial charge in [-0.1, -0.05) is 53.7 Å². The van der Waals surface area contributed by atoms with Crippen LogP contribution >= 0.6 is 23.4 Å². The van der Waals surface area contributed by atoms with Crippen molar-refractivity contribution in [2.24, 2.45) is 0 Å². The van der Waals surface area contributed by atoms with Crippen LogP contribution in [0.1, 0.15) is 11.1 Å². The number of rotatable bonds is 6. The SMILES string of the molecule is C=CCn1c(SCc2ccc(C#N)cc2)nnc1-c1ccccc1Cl. The van der Waals surface area contributed by atoms with Gasteiger partial charge in [0.05, 0.1) is 16.7 Å². The summed E-state index contributed by atoms with van der Waals surface area (Å²) in [5.41, 5.74) is 2.63. The quantitative estimate of drug-likeness (QED) is 0.457. The Morgan fingerprint density at radius 3 is 2.60 bits per heavy atom. The van der Waals surface area contributed by atoms with E-state index in [2.05, 4.69) is 22.8 Å². The van der Waals surface area contributed by atoms with Crippen molar-refractivity contribution in [3.8, 4) is 17.5 Å². The van der Waals surface area contributed by atoms with E-state index in [0.717, 1.165) is 27.9 Å². The summed E-state index contributed by atoms with van der Waals surface area (Å²) in [5.74, 6) is 1.47. The van der Waals surface area contributed by atoms with E-state index >= 15 is 0 Å². The van der Waals surface area contributed by atoms with Gasteiger partial charge in [0.25, 0.3) is 0 Å². The molecule has 0 N–H and O–H groups in total. The van der Waals surface area contributed by atoms with Crippen molar-refractivity contribution in [1.82, 2.24) is 14.8 Å². The van der Waals surface area contributed by atoms with E-state index in [4.69, 9.17) is 16.9 Å². The highest BCUT2D eigenvalue weighted by atomic mass is 35.5. The van der Waals surface area contributed by atoms with E-state index in [0.29, 0.717) is 17.1 Å². The molecule has 2 aromatic carbocycles. The summed E-state index contributed by atoms with van der Waals surface area (Å²) in [5, 5.41) is 19.0. The van der Waals surface area contributed by atoms with E-state index in [9.17, 15) is 0 Å². The van der Waals surface area contributed by atoms with Crippen molar-refractivity contribution in [3.05, 3.63) is 77.3 Å². The van der Waals surface area contributed by atoms with Crippen molar-refractivity contribution >= 4 is 23.4 Å². The van der Waals surface area contributed by atoms with Crippen molar-refractivity contribution in [2.45, 2.75) is 17.5 Å². The molecule has 3 rings (SSSR count). The summed E-state index contributed by atoms with van der Waals surface area (Å²) < 4.78 is 2.00. The molecule has 0 aliphatic carbocycles. The number of benzene rings is 2. The summed E-state index contributed by atoms with van der Waals surface area (Å²) in [6, 6.07) is 17.3. The molecular formula is C19H15ClN4S. The molecule has 1 aromatic heterocycles. The predicted molar refractivity (Wildman–Crippen MR) is 101 cm³/mol. The van der Waals surface area contributed by atoms with Crippen LogP contribution in [-0.4, -0.2) is 14.8 Å².